The molecule has 104 valence electrons. The van der Waals surface area contributed by atoms with Gasteiger partial charge < -0.3 is 15.1 Å². The lowest BCUT2D eigenvalue weighted by Crippen LogP contribution is -2.45. The van der Waals surface area contributed by atoms with Crippen molar-refractivity contribution in [2.24, 2.45) is 0 Å². The van der Waals surface area contributed by atoms with Crippen LogP contribution in [0, 0.1) is 0 Å². The molecule has 0 atom stereocenters. The van der Waals surface area contributed by atoms with E-state index in [0.29, 0.717) is 25.4 Å². The lowest BCUT2D eigenvalue weighted by Gasteiger charge is -2.37. The summed E-state index contributed by atoms with van der Waals surface area (Å²) in [6.07, 6.45) is 4.26. The molecule has 0 heterocycles. The van der Waals surface area contributed by atoms with Crippen LogP contribution in [0.5, 0.6) is 5.75 Å². The summed E-state index contributed by atoms with van der Waals surface area (Å²) in [6, 6.07) is 7.17. The van der Waals surface area contributed by atoms with Gasteiger partial charge in [0.25, 0.3) is 0 Å². The number of phenolic OH excluding ortho intramolecular Hbond substituents is 1. The Morgan fingerprint density at radius 2 is 2.16 bits per heavy atom. The van der Waals surface area contributed by atoms with Crippen LogP contribution < -0.4 is 0 Å². The molecule has 1 aliphatic carbocycles. The predicted octanol–water partition coefficient (Wildman–Crippen LogP) is 1.70. The van der Waals surface area contributed by atoms with E-state index in [2.05, 4.69) is 0 Å². The molecule has 1 aromatic rings. The highest BCUT2D eigenvalue weighted by Gasteiger charge is 2.28. The highest BCUT2D eigenvalue weighted by atomic mass is 16.3. The maximum absolute atomic E-state index is 12.3. The highest BCUT2D eigenvalue weighted by Crippen LogP contribution is 2.25. The zero-order chi connectivity index (χ0) is 13.7. The number of carbonyl (C=O) groups excluding carboxylic acids is 1. The Labute approximate surface area is 113 Å². The van der Waals surface area contributed by atoms with Gasteiger partial charge in [-0.15, -0.1) is 0 Å². The molecule has 1 aromatic carbocycles. The summed E-state index contributed by atoms with van der Waals surface area (Å²) in [5.74, 6) is 0.277. The number of hydrogen-bond donors (Lipinski definition) is 2. The third kappa shape index (κ3) is 3.70. The number of phenols is 1. The van der Waals surface area contributed by atoms with E-state index in [0.717, 1.165) is 18.4 Å². The van der Waals surface area contributed by atoms with E-state index in [4.69, 9.17) is 5.11 Å². The molecule has 0 aromatic heterocycles. The lowest BCUT2D eigenvalue weighted by molar-refractivity contribution is -0.134. The molecule has 0 unspecified atom stereocenters. The summed E-state index contributed by atoms with van der Waals surface area (Å²) in [5, 5.41) is 18.3. The molecule has 19 heavy (non-hydrogen) atoms. The van der Waals surface area contributed by atoms with Gasteiger partial charge in [0.1, 0.15) is 5.75 Å². The number of hydrogen-bond acceptors (Lipinski definition) is 3. The van der Waals surface area contributed by atoms with Gasteiger partial charge in [0.2, 0.25) is 5.91 Å². The predicted molar refractivity (Wildman–Crippen MR) is 72.9 cm³/mol. The van der Waals surface area contributed by atoms with Crippen molar-refractivity contribution in [2.75, 3.05) is 13.2 Å². The van der Waals surface area contributed by atoms with Crippen molar-refractivity contribution >= 4 is 5.91 Å². The first kappa shape index (κ1) is 13.9. The normalized spacial score (nSPS) is 15.0. The summed E-state index contributed by atoms with van der Waals surface area (Å²) in [6.45, 7) is 0.738. The van der Waals surface area contributed by atoms with Crippen molar-refractivity contribution in [3.8, 4) is 5.75 Å². The third-order valence-corrected chi connectivity index (χ3v) is 3.66. The van der Waals surface area contributed by atoms with Gasteiger partial charge in [-0.05, 0) is 43.4 Å². The molecular formula is C15H21NO3. The molecule has 0 radical (unpaired) electrons. The monoisotopic (exact) mass is 263 g/mol. The van der Waals surface area contributed by atoms with Crippen molar-refractivity contribution in [2.45, 2.75) is 38.1 Å². The van der Waals surface area contributed by atoms with Crippen molar-refractivity contribution < 1.29 is 15.0 Å². The molecule has 1 aliphatic rings. The molecule has 0 saturated heterocycles. The fourth-order valence-electron chi connectivity index (χ4n) is 2.39. The van der Waals surface area contributed by atoms with Crippen molar-refractivity contribution in [3.05, 3.63) is 29.8 Å². The average Bonchev–Trinajstić information content (AvgIpc) is 2.31. The minimum Gasteiger partial charge on any atom is -0.508 e. The molecule has 0 aliphatic heterocycles. The zero-order valence-electron chi connectivity index (χ0n) is 11.1. The first-order valence-corrected chi connectivity index (χ1v) is 6.89. The van der Waals surface area contributed by atoms with E-state index in [9.17, 15) is 9.90 Å². The summed E-state index contributed by atoms with van der Waals surface area (Å²) < 4.78 is 0. The van der Waals surface area contributed by atoms with E-state index in [1.807, 2.05) is 11.0 Å². The van der Waals surface area contributed by atoms with Crippen LogP contribution in [0.3, 0.4) is 0 Å². The van der Waals surface area contributed by atoms with Gasteiger partial charge in [-0.25, -0.2) is 0 Å². The Kier molecular flexibility index (Phi) is 4.80. The van der Waals surface area contributed by atoms with E-state index in [-0.39, 0.29) is 18.3 Å². The number of carbonyl (C=O) groups is 1. The minimum atomic E-state index is 0.0868. The molecular weight excluding hydrogens is 242 g/mol. The lowest BCUT2D eigenvalue weighted by atomic mass is 9.91. The van der Waals surface area contributed by atoms with Crippen molar-refractivity contribution in [3.63, 3.8) is 0 Å². The first-order valence-electron chi connectivity index (χ1n) is 6.89. The Morgan fingerprint density at radius 3 is 2.74 bits per heavy atom. The second kappa shape index (κ2) is 6.57. The van der Waals surface area contributed by atoms with Crippen LogP contribution in [0.15, 0.2) is 24.3 Å². The number of amides is 1. The SMILES string of the molecule is O=C(Cc1cccc(O)c1)N(CCCO)C1CCC1. The van der Waals surface area contributed by atoms with Crippen LogP contribution in [0.2, 0.25) is 0 Å². The zero-order valence-corrected chi connectivity index (χ0v) is 11.1. The second-order valence-corrected chi connectivity index (χ2v) is 5.10. The van der Waals surface area contributed by atoms with Crippen LogP contribution in [-0.4, -0.2) is 40.2 Å². The number of aliphatic hydroxyl groups is 1. The smallest absolute Gasteiger partial charge is 0.227 e. The van der Waals surface area contributed by atoms with Gasteiger partial charge >= 0.3 is 0 Å². The molecule has 1 saturated carbocycles. The topological polar surface area (TPSA) is 60.8 Å². The van der Waals surface area contributed by atoms with Gasteiger partial charge in [-0.1, -0.05) is 12.1 Å². The van der Waals surface area contributed by atoms with E-state index in [1.165, 1.54) is 6.42 Å². The fraction of sp³-hybridized carbons (Fsp3) is 0.533. The Morgan fingerprint density at radius 1 is 1.37 bits per heavy atom. The first-order chi connectivity index (χ1) is 9.20. The van der Waals surface area contributed by atoms with E-state index >= 15 is 0 Å². The van der Waals surface area contributed by atoms with Crippen LogP contribution in [0.25, 0.3) is 0 Å². The molecule has 2 rings (SSSR count). The maximum atomic E-state index is 12.3. The van der Waals surface area contributed by atoms with Gasteiger partial charge in [-0.2, -0.15) is 0 Å². The fourth-order valence-corrected chi connectivity index (χ4v) is 2.39. The number of rotatable bonds is 6. The quantitative estimate of drug-likeness (QED) is 0.821. The van der Waals surface area contributed by atoms with Gasteiger partial charge in [0.05, 0.1) is 6.42 Å². The van der Waals surface area contributed by atoms with Crippen LogP contribution >= 0.6 is 0 Å². The van der Waals surface area contributed by atoms with Gasteiger partial charge in [0.15, 0.2) is 0 Å². The molecule has 0 bridgehead atoms. The number of aliphatic hydroxyl groups excluding tert-OH is 1. The molecule has 1 amide bonds. The number of aromatic hydroxyl groups is 1. The largest absolute Gasteiger partial charge is 0.508 e. The highest BCUT2D eigenvalue weighted by molar-refractivity contribution is 5.79. The number of benzene rings is 1. The average molecular weight is 263 g/mol. The molecule has 4 heteroatoms. The van der Waals surface area contributed by atoms with Gasteiger partial charge in [0, 0.05) is 19.2 Å². The third-order valence-electron chi connectivity index (χ3n) is 3.66. The van der Waals surface area contributed by atoms with Crippen LogP contribution in [-0.2, 0) is 11.2 Å². The maximum Gasteiger partial charge on any atom is 0.227 e. The Balaban J connectivity index is 1.98. The summed E-state index contributed by atoms with van der Waals surface area (Å²) in [7, 11) is 0. The van der Waals surface area contributed by atoms with Gasteiger partial charge in [-0.3, -0.25) is 4.79 Å². The number of nitrogens with zero attached hydrogens (tertiary/aromatic N) is 1. The standard InChI is InChI=1S/C15H21NO3/c17-9-3-8-16(13-5-2-6-13)15(19)11-12-4-1-7-14(18)10-12/h1,4,7,10,13,17-18H,2-3,5-6,8-9,11H2. The molecule has 0 spiro atoms. The molecule has 2 N–H and O–H groups in total. The van der Waals surface area contributed by atoms with E-state index < -0.39 is 0 Å². The molecule has 1 fully saturated rings. The summed E-state index contributed by atoms with van der Waals surface area (Å²) in [5.41, 5.74) is 0.832. The molecule has 4 nitrogen and oxygen atoms in total. The summed E-state index contributed by atoms with van der Waals surface area (Å²) >= 11 is 0. The second-order valence-electron chi connectivity index (χ2n) is 5.10. The Bertz CT molecular complexity index is 429. The van der Waals surface area contributed by atoms with Crippen LogP contribution in [0.1, 0.15) is 31.2 Å². The van der Waals surface area contributed by atoms with Crippen molar-refractivity contribution in [1.29, 1.82) is 0 Å². The van der Waals surface area contributed by atoms with Crippen LogP contribution in [0.4, 0.5) is 0 Å². The van der Waals surface area contributed by atoms with E-state index in [1.54, 1.807) is 18.2 Å². The Hall–Kier alpha value is -1.55. The summed E-state index contributed by atoms with van der Waals surface area (Å²) in [4.78, 5) is 14.2. The minimum absolute atomic E-state index is 0.0868. The van der Waals surface area contributed by atoms with Crippen molar-refractivity contribution in [1.82, 2.24) is 4.90 Å².